The van der Waals surface area contributed by atoms with Gasteiger partial charge in [-0.25, -0.2) is 0 Å². The zero-order chi connectivity index (χ0) is 18.8. The largest absolute Gasteiger partial charge is 0.497 e. The van der Waals surface area contributed by atoms with Crippen molar-refractivity contribution in [3.05, 3.63) is 54.1 Å². The van der Waals surface area contributed by atoms with E-state index in [1.54, 1.807) is 14.2 Å². The third-order valence-corrected chi connectivity index (χ3v) is 5.51. The van der Waals surface area contributed by atoms with Gasteiger partial charge in [0, 0.05) is 16.7 Å². The standard InChI is InChI=1S/C23H26N2O2/c1-4-21-22(16-8-12-19(26-2)13-9-16)24-25(18-6-5-7-18)23(21)17-10-14-20(27-3)15-11-17/h8-15,18H,4-7H2,1-3H3. The topological polar surface area (TPSA) is 36.3 Å². The first-order chi connectivity index (χ1) is 13.2. The molecule has 0 amide bonds. The Bertz CT molecular complexity index is 907. The molecule has 4 heteroatoms. The number of hydrogen-bond acceptors (Lipinski definition) is 3. The van der Waals surface area contributed by atoms with Gasteiger partial charge in [0.15, 0.2) is 0 Å². The predicted octanol–water partition coefficient (Wildman–Crippen LogP) is 5.52. The van der Waals surface area contributed by atoms with Gasteiger partial charge in [-0.05, 0) is 74.2 Å². The van der Waals surface area contributed by atoms with Crippen LogP contribution in [0.4, 0.5) is 0 Å². The van der Waals surface area contributed by atoms with E-state index in [1.165, 1.54) is 36.1 Å². The first kappa shape index (κ1) is 17.7. The van der Waals surface area contributed by atoms with Gasteiger partial charge in [0.05, 0.1) is 31.6 Å². The van der Waals surface area contributed by atoms with Gasteiger partial charge < -0.3 is 9.47 Å². The first-order valence-electron chi connectivity index (χ1n) is 9.65. The maximum absolute atomic E-state index is 5.33. The van der Waals surface area contributed by atoms with Gasteiger partial charge in [-0.2, -0.15) is 5.10 Å². The van der Waals surface area contributed by atoms with Gasteiger partial charge >= 0.3 is 0 Å². The third kappa shape index (κ3) is 3.20. The summed E-state index contributed by atoms with van der Waals surface area (Å²) in [7, 11) is 3.40. The molecule has 2 aromatic carbocycles. The molecule has 0 bridgehead atoms. The van der Waals surface area contributed by atoms with Crippen molar-refractivity contribution in [2.45, 2.75) is 38.6 Å². The second kappa shape index (κ2) is 7.47. The Morgan fingerprint density at radius 1 is 0.889 bits per heavy atom. The molecule has 0 spiro atoms. The molecule has 0 atom stereocenters. The van der Waals surface area contributed by atoms with Crippen LogP contribution in [0.15, 0.2) is 48.5 Å². The van der Waals surface area contributed by atoms with E-state index in [-0.39, 0.29) is 0 Å². The van der Waals surface area contributed by atoms with Crippen molar-refractivity contribution < 1.29 is 9.47 Å². The highest BCUT2D eigenvalue weighted by Crippen LogP contribution is 2.40. The van der Waals surface area contributed by atoms with E-state index in [4.69, 9.17) is 14.6 Å². The molecular formula is C23H26N2O2. The minimum Gasteiger partial charge on any atom is -0.497 e. The van der Waals surface area contributed by atoms with E-state index in [2.05, 4.69) is 35.9 Å². The van der Waals surface area contributed by atoms with Gasteiger partial charge in [-0.1, -0.05) is 6.92 Å². The lowest BCUT2D eigenvalue weighted by molar-refractivity contribution is 0.292. The summed E-state index contributed by atoms with van der Waals surface area (Å²) < 4.78 is 12.9. The van der Waals surface area contributed by atoms with Crippen molar-refractivity contribution in [1.82, 2.24) is 9.78 Å². The van der Waals surface area contributed by atoms with Gasteiger partial charge in [0.2, 0.25) is 0 Å². The quantitative estimate of drug-likeness (QED) is 0.579. The zero-order valence-electron chi connectivity index (χ0n) is 16.2. The van der Waals surface area contributed by atoms with Crippen molar-refractivity contribution in [2.24, 2.45) is 0 Å². The number of benzene rings is 2. The molecule has 1 aromatic heterocycles. The molecule has 27 heavy (non-hydrogen) atoms. The molecule has 0 unspecified atom stereocenters. The third-order valence-electron chi connectivity index (χ3n) is 5.51. The van der Waals surface area contributed by atoms with Crippen LogP contribution in [0.5, 0.6) is 11.5 Å². The fraction of sp³-hybridized carbons (Fsp3) is 0.348. The van der Waals surface area contributed by atoms with Crippen LogP contribution >= 0.6 is 0 Å². The zero-order valence-corrected chi connectivity index (χ0v) is 16.2. The van der Waals surface area contributed by atoms with E-state index in [0.717, 1.165) is 29.2 Å². The normalized spacial score (nSPS) is 14.0. The van der Waals surface area contributed by atoms with Crippen LogP contribution in [0.2, 0.25) is 0 Å². The fourth-order valence-electron chi connectivity index (χ4n) is 3.74. The van der Waals surface area contributed by atoms with Gasteiger partial charge in [-0.15, -0.1) is 0 Å². The Kier molecular flexibility index (Phi) is 4.88. The van der Waals surface area contributed by atoms with Crippen molar-refractivity contribution in [1.29, 1.82) is 0 Å². The van der Waals surface area contributed by atoms with Crippen LogP contribution in [-0.4, -0.2) is 24.0 Å². The number of rotatable bonds is 6. The van der Waals surface area contributed by atoms with Crippen LogP contribution in [0.1, 0.15) is 37.8 Å². The highest BCUT2D eigenvalue weighted by molar-refractivity contribution is 5.75. The van der Waals surface area contributed by atoms with Gasteiger partial charge in [-0.3, -0.25) is 4.68 Å². The van der Waals surface area contributed by atoms with Crippen LogP contribution in [0.25, 0.3) is 22.5 Å². The lowest BCUT2D eigenvalue weighted by atomic mass is 9.92. The molecule has 0 saturated heterocycles. The number of ether oxygens (including phenoxy) is 2. The van der Waals surface area contributed by atoms with E-state index in [0.29, 0.717) is 6.04 Å². The summed E-state index contributed by atoms with van der Waals surface area (Å²) in [6, 6.07) is 17.0. The smallest absolute Gasteiger partial charge is 0.118 e. The molecule has 0 N–H and O–H groups in total. The second-order valence-corrected chi connectivity index (χ2v) is 7.02. The minimum atomic E-state index is 0.499. The highest BCUT2D eigenvalue weighted by Gasteiger charge is 2.27. The summed E-state index contributed by atoms with van der Waals surface area (Å²) >= 11 is 0. The molecular weight excluding hydrogens is 336 g/mol. The van der Waals surface area contributed by atoms with Crippen LogP contribution in [0.3, 0.4) is 0 Å². The Hall–Kier alpha value is -2.75. The van der Waals surface area contributed by atoms with E-state index in [1.807, 2.05) is 24.3 Å². The summed E-state index contributed by atoms with van der Waals surface area (Å²) in [6.45, 7) is 2.21. The lowest BCUT2D eigenvalue weighted by Crippen LogP contribution is -2.19. The lowest BCUT2D eigenvalue weighted by Gasteiger charge is -2.28. The molecule has 0 aliphatic heterocycles. The highest BCUT2D eigenvalue weighted by atomic mass is 16.5. The van der Waals surface area contributed by atoms with Crippen molar-refractivity contribution in [3.63, 3.8) is 0 Å². The molecule has 1 aliphatic rings. The molecule has 1 saturated carbocycles. The Morgan fingerprint density at radius 3 is 1.89 bits per heavy atom. The molecule has 4 rings (SSSR count). The molecule has 1 aliphatic carbocycles. The number of hydrogen-bond donors (Lipinski definition) is 0. The summed E-state index contributed by atoms with van der Waals surface area (Å²) in [5, 5.41) is 5.09. The van der Waals surface area contributed by atoms with E-state index >= 15 is 0 Å². The summed E-state index contributed by atoms with van der Waals surface area (Å²) in [6.07, 6.45) is 4.63. The second-order valence-electron chi connectivity index (χ2n) is 7.02. The average Bonchev–Trinajstić information content (AvgIpc) is 3.05. The fourth-order valence-corrected chi connectivity index (χ4v) is 3.74. The molecule has 0 radical (unpaired) electrons. The summed E-state index contributed by atoms with van der Waals surface area (Å²) in [5.41, 5.74) is 5.97. The average molecular weight is 362 g/mol. The number of aromatic nitrogens is 2. The Labute approximate surface area is 160 Å². The van der Waals surface area contributed by atoms with Crippen molar-refractivity contribution in [3.8, 4) is 34.0 Å². The summed E-state index contributed by atoms with van der Waals surface area (Å²) in [5.74, 6) is 1.74. The number of nitrogens with zero attached hydrogens (tertiary/aromatic N) is 2. The maximum atomic E-state index is 5.33. The maximum Gasteiger partial charge on any atom is 0.118 e. The van der Waals surface area contributed by atoms with Crippen molar-refractivity contribution in [2.75, 3.05) is 14.2 Å². The van der Waals surface area contributed by atoms with Gasteiger partial charge in [0.25, 0.3) is 0 Å². The summed E-state index contributed by atoms with van der Waals surface area (Å²) in [4.78, 5) is 0. The molecule has 1 heterocycles. The molecule has 4 nitrogen and oxygen atoms in total. The minimum absolute atomic E-state index is 0.499. The number of methoxy groups -OCH3 is 2. The predicted molar refractivity (Wildman–Crippen MR) is 108 cm³/mol. The monoisotopic (exact) mass is 362 g/mol. The van der Waals surface area contributed by atoms with E-state index < -0.39 is 0 Å². The Morgan fingerprint density at radius 2 is 1.44 bits per heavy atom. The Balaban J connectivity index is 1.85. The van der Waals surface area contributed by atoms with Crippen LogP contribution in [0, 0.1) is 0 Å². The van der Waals surface area contributed by atoms with Gasteiger partial charge in [0.1, 0.15) is 11.5 Å². The first-order valence-corrected chi connectivity index (χ1v) is 9.65. The van der Waals surface area contributed by atoms with Crippen LogP contribution in [-0.2, 0) is 6.42 Å². The molecule has 1 fully saturated rings. The van der Waals surface area contributed by atoms with Crippen LogP contribution < -0.4 is 9.47 Å². The van der Waals surface area contributed by atoms with Crippen molar-refractivity contribution >= 4 is 0 Å². The SMILES string of the molecule is CCc1c(-c2ccc(OC)cc2)nn(C2CCC2)c1-c1ccc(OC)cc1. The molecule has 3 aromatic rings. The molecule has 140 valence electrons. The van der Waals surface area contributed by atoms with E-state index in [9.17, 15) is 0 Å².